The van der Waals surface area contributed by atoms with Crippen LogP contribution in [0.3, 0.4) is 0 Å². The fourth-order valence-electron chi connectivity index (χ4n) is 1.25. The lowest BCUT2D eigenvalue weighted by molar-refractivity contribution is 0.172. The molecule has 0 heterocycles. The van der Waals surface area contributed by atoms with Gasteiger partial charge >= 0.3 is 0 Å². The second kappa shape index (κ2) is 6.04. The molecule has 0 radical (unpaired) electrons. The SMILES string of the molecule is CSCCC(O)Cc1ccc(F)cc1. The highest BCUT2D eigenvalue weighted by Crippen LogP contribution is 2.09. The van der Waals surface area contributed by atoms with Crippen molar-refractivity contribution in [3.8, 4) is 0 Å². The Morgan fingerprint density at radius 2 is 2.00 bits per heavy atom. The molecule has 0 aliphatic carbocycles. The van der Waals surface area contributed by atoms with Crippen molar-refractivity contribution in [2.24, 2.45) is 0 Å². The highest BCUT2D eigenvalue weighted by atomic mass is 32.2. The molecule has 0 fully saturated rings. The van der Waals surface area contributed by atoms with E-state index in [-0.39, 0.29) is 11.9 Å². The molecule has 1 unspecified atom stereocenters. The van der Waals surface area contributed by atoms with Crippen LogP contribution in [0.1, 0.15) is 12.0 Å². The van der Waals surface area contributed by atoms with Gasteiger partial charge in [0, 0.05) is 0 Å². The first-order chi connectivity index (χ1) is 6.72. The maximum absolute atomic E-state index is 12.6. The van der Waals surface area contributed by atoms with Gasteiger partial charge in [0.2, 0.25) is 0 Å². The van der Waals surface area contributed by atoms with Gasteiger partial charge in [0.05, 0.1) is 6.10 Å². The lowest BCUT2D eigenvalue weighted by Crippen LogP contribution is -2.11. The van der Waals surface area contributed by atoms with Gasteiger partial charge in [0.25, 0.3) is 0 Å². The maximum Gasteiger partial charge on any atom is 0.123 e. The Kier molecular flexibility index (Phi) is 4.98. The average Bonchev–Trinajstić information content (AvgIpc) is 2.18. The minimum Gasteiger partial charge on any atom is -0.393 e. The Bertz CT molecular complexity index is 260. The highest BCUT2D eigenvalue weighted by molar-refractivity contribution is 7.98. The van der Waals surface area contributed by atoms with Gasteiger partial charge in [-0.3, -0.25) is 0 Å². The molecule has 1 N–H and O–H groups in total. The van der Waals surface area contributed by atoms with Gasteiger partial charge in [0.1, 0.15) is 5.82 Å². The zero-order valence-corrected chi connectivity index (χ0v) is 9.06. The quantitative estimate of drug-likeness (QED) is 0.812. The molecule has 1 aromatic carbocycles. The fraction of sp³-hybridized carbons (Fsp3) is 0.455. The van der Waals surface area contributed by atoms with E-state index in [1.165, 1.54) is 12.1 Å². The lowest BCUT2D eigenvalue weighted by Gasteiger charge is -2.09. The molecule has 0 aliphatic heterocycles. The Balaban J connectivity index is 2.39. The summed E-state index contributed by atoms with van der Waals surface area (Å²) in [4.78, 5) is 0. The monoisotopic (exact) mass is 214 g/mol. The van der Waals surface area contributed by atoms with Gasteiger partial charge in [0.15, 0.2) is 0 Å². The topological polar surface area (TPSA) is 20.2 Å². The predicted octanol–water partition coefficient (Wildman–Crippen LogP) is 2.48. The number of benzene rings is 1. The third-order valence-corrected chi connectivity index (χ3v) is 2.68. The average molecular weight is 214 g/mol. The van der Waals surface area contributed by atoms with Crippen molar-refractivity contribution < 1.29 is 9.50 Å². The van der Waals surface area contributed by atoms with Crippen molar-refractivity contribution in [1.82, 2.24) is 0 Å². The Morgan fingerprint density at radius 1 is 1.36 bits per heavy atom. The van der Waals surface area contributed by atoms with Gasteiger partial charge < -0.3 is 5.11 Å². The molecule has 0 saturated heterocycles. The second-order valence-corrected chi connectivity index (χ2v) is 4.25. The second-order valence-electron chi connectivity index (χ2n) is 3.27. The predicted molar refractivity (Wildman–Crippen MR) is 59.1 cm³/mol. The van der Waals surface area contributed by atoms with E-state index in [1.54, 1.807) is 23.9 Å². The van der Waals surface area contributed by atoms with E-state index in [2.05, 4.69) is 0 Å². The van der Waals surface area contributed by atoms with Crippen LogP contribution >= 0.6 is 11.8 Å². The first-order valence-corrected chi connectivity index (χ1v) is 6.03. The van der Waals surface area contributed by atoms with Crippen LogP contribution in [0.15, 0.2) is 24.3 Å². The number of aliphatic hydroxyl groups is 1. The number of hydrogen-bond donors (Lipinski definition) is 1. The third-order valence-electron chi connectivity index (χ3n) is 2.04. The van der Waals surface area contributed by atoms with E-state index in [0.717, 1.165) is 17.7 Å². The van der Waals surface area contributed by atoms with Crippen molar-refractivity contribution >= 4 is 11.8 Å². The molecule has 1 rings (SSSR count). The summed E-state index contributed by atoms with van der Waals surface area (Å²) in [5.74, 6) is 0.731. The van der Waals surface area contributed by atoms with Crippen LogP contribution in [0.5, 0.6) is 0 Å². The van der Waals surface area contributed by atoms with Crippen LogP contribution in [0.4, 0.5) is 4.39 Å². The fourth-order valence-corrected chi connectivity index (χ4v) is 1.76. The Hall–Kier alpha value is -0.540. The number of aliphatic hydroxyl groups excluding tert-OH is 1. The summed E-state index contributed by atoms with van der Waals surface area (Å²) in [6, 6.07) is 6.29. The molecular formula is C11H15FOS. The smallest absolute Gasteiger partial charge is 0.123 e. The molecule has 0 amide bonds. The Morgan fingerprint density at radius 3 is 2.57 bits per heavy atom. The molecule has 0 aliphatic rings. The number of hydrogen-bond acceptors (Lipinski definition) is 2. The molecule has 0 spiro atoms. The van der Waals surface area contributed by atoms with E-state index >= 15 is 0 Å². The van der Waals surface area contributed by atoms with Gasteiger partial charge in [-0.05, 0) is 42.5 Å². The van der Waals surface area contributed by atoms with Crippen LogP contribution in [-0.4, -0.2) is 23.2 Å². The zero-order chi connectivity index (χ0) is 10.4. The lowest BCUT2D eigenvalue weighted by atomic mass is 10.1. The molecule has 14 heavy (non-hydrogen) atoms. The normalized spacial score (nSPS) is 12.8. The third kappa shape index (κ3) is 4.11. The van der Waals surface area contributed by atoms with Crippen LogP contribution in [0, 0.1) is 5.82 Å². The van der Waals surface area contributed by atoms with Gasteiger partial charge in [-0.2, -0.15) is 11.8 Å². The standard InChI is InChI=1S/C11H15FOS/c1-14-7-6-11(13)8-9-2-4-10(12)5-3-9/h2-5,11,13H,6-8H2,1H3. The van der Waals surface area contributed by atoms with Crippen LogP contribution in [0.2, 0.25) is 0 Å². The number of halogens is 1. The first-order valence-electron chi connectivity index (χ1n) is 4.64. The van der Waals surface area contributed by atoms with E-state index in [4.69, 9.17) is 0 Å². The van der Waals surface area contributed by atoms with Gasteiger partial charge in [-0.1, -0.05) is 12.1 Å². The summed E-state index contributed by atoms with van der Waals surface area (Å²) in [7, 11) is 0. The van der Waals surface area contributed by atoms with Gasteiger partial charge in [-0.25, -0.2) is 4.39 Å². The van der Waals surface area contributed by atoms with Crippen molar-refractivity contribution in [3.63, 3.8) is 0 Å². The molecule has 1 aromatic rings. The first kappa shape index (κ1) is 11.5. The summed E-state index contributed by atoms with van der Waals surface area (Å²) >= 11 is 1.72. The largest absolute Gasteiger partial charge is 0.393 e. The molecular weight excluding hydrogens is 199 g/mol. The minimum atomic E-state index is -0.312. The van der Waals surface area contributed by atoms with E-state index < -0.39 is 0 Å². The molecule has 0 aromatic heterocycles. The van der Waals surface area contributed by atoms with Crippen molar-refractivity contribution in [3.05, 3.63) is 35.6 Å². The molecule has 78 valence electrons. The Labute approximate surface area is 88.3 Å². The van der Waals surface area contributed by atoms with Crippen molar-refractivity contribution in [1.29, 1.82) is 0 Å². The molecule has 1 atom stereocenters. The van der Waals surface area contributed by atoms with Crippen molar-refractivity contribution in [2.45, 2.75) is 18.9 Å². The zero-order valence-electron chi connectivity index (χ0n) is 8.24. The highest BCUT2D eigenvalue weighted by Gasteiger charge is 2.04. The summed E-state index contributed by atoms with van der Waals surface area (Å²) in [5.41, 5.74) is 0.986. The summed E-state index contributed by atoms with van der Waals surface area (Å²) < 4.78 is 12.6. The maximum atomic E-state index is 12.6. The summed E-state index contributed by atoms with van der Waals surface area (Å²) in [6.45, 7) is 0. The van der Waals surface area contributed by atoms with E-state index in [1.807, 2.05) is 6.26 Å². The van der Waals surface area contributed by atoms with Crippen LogP contribution < -0.4 is 0 Å². The number of rotatable bonds is 5. The molecule has 0 bridgehead atoms. The van der Waals surface area contributed by atoms with E-state index in [9.17, 15) is 9.50 Å². The van der Waals surface area contributed by atoms with Crippen molar-refractivity contribution in [2.75, 3.05) is 12.0 Å². The molecule has 3 heteroatoms. The van der Waals surface area contributed by atoms with Gasteiger partial charge in [-0.15, -0.1) is 0 Å². The minimum absolute atomic E-state index is 0.229. The van der Waals surface area contributed by atoms with Crippen LogP contribution in [-0.2, 0) is 6.42 Å². The summed E-state index contributed by atoms with van der Waals surface area (Å²) in [5, 5.41) is 9.60. The van der Waals surface area contributed by atoms with Crippen LogP contribution in [0.25, 0.3) is 0 Å². The van der Waals surface area contributed by atoms with E-state index in [0.29, 0.717) is 6.42 Å². The number of thioether (sulfide) groups is 1. The molecule has 0 saturated carbocycles. The summed E-state index contributed by atoms with van der Waals surface area (Å²) in [6.07, 6.45) is 3.11. The molecule has 1 nitrogen and oxygen atoms in total.